The highest BCUT2D eigenvalue weighted by molar-refractivity contribution is 7.06. The van der Waals surface area contributed by atoms with Gasteiger partial charge in [-0.1, -0.05) is 19.7 Å². The summed E-state index contributed by atoms with van der Waals surface area (Å²) in [5, 5.41) is 0. The maximum atomic E-state index is 11.4. The summed E-state index contributed by atoms with van der Waals surface area (Å²) in [6.07, 6.45) is -0.552. The molecule has 0 saturated heterocycles. The molecule has 0 aromatic rings. The average molecular weight is 290 g/mol. The number of halogens is 1. The van der Waals surface area contributed by atoms with Gasteiger partial charge in [0.05, 0.1) is 0 Å². The Hall–Kier alpha value is -1.07. The molecule has 0 aliphatic rings. The van der Waals surface area contributed by atoms with Crippen molar-refractivity contribution in [1.82, 2.24) is 0 Å². The van der Waals surface area contributed by atoms with E-state index in [0.717, 1.165) is 0 Å². The van der Waals surface area contributed by atoms with Gasteiger partial charge in [-0.3, -0.25) is 0 Å². The lowest BCUT2D eigenvalue weighted by atomic mass is 10.3. The Morgan fingerprint density at radius 1 is 1.17 bits per heavy atom. The van der Waals surface area contributed by atoms with Crippen molar-refractivity contribution in [2.45, 2.75) is 39.1 Å². The number of esters is 2. The van der Waals surface area contributed by atoms with E-state index in [1.807, 2.05) is 6.55 Å². The van der Waals surface area contributed by atoms with Gasteiger partial charge < -0.3 is 9.47 Å². The summed E-state index contributed by atoms with van der Waals surface area (Å²) in [6.45, 7) is 11.9. The molecule has 0 aliphatic carbocycles. The lowest BCUT2D eigenvalue weighted by Gasteiger charge is -2.18. The van der Waals surface area contributed by atoms with Crippen LogP contribution in [0.3, 0.4) is 0 Å². The number of carbonyl (C=O) groups is 2. The molecule has 0 fully saturated rings. The Morgan fingerprint density at radius 3 is 1.83 bits per heavy atom. The number of rotatable bonds is 7. The topological polar surface area (TPSA) is 52.6 Å². The molecule has 6 heteroatoms. The predicted molar refractivity (Wildman–Crippen MR) is 72.5 cm³/mol. The zero-order chi connectivity index (χ0) is 14.3. The molecule has 1 radical (unpaired) electrons. The highest BCUT2D eigenvalue weighted by atomic mass is 35.6. The van der Waals surface area contributed by atoms with Crippen LogP contribution in [0.2, 0.25) is 12.6 Å². The van der Waals surface area contributed by atoms with Crippen LogP contribution in [0.15, 0.2) is 24.3 Å². The molecule has 0 unspecified atom stereocenters. The van der Waals surface area contributed by atoms with Crippen LogP contribution >= 0.6 is 11.1 Å². The molecule has 101 valence electrons. The van der Waals surface area contributed by atoms with Crippen molar-refractivity contribution >= 4 is 31.1 Å². The van der Waals surface area contributed by atoms with Crippen molar-refractivity contribution in [3.63, 3.8) is 0 Å². The maximum absolute atomic E-state index is 11.4. The molecule has 18 heavy (non-hydrogen) atoms. The maximum Gasteiger partial charge on any atom is 0.336 e. The van der Waals surface area contributed by atoms with Gasteiger partial charge in [0.2, 0.25) is 6.29 Å². The third kappa shape index (κ3) is 7.29. The van der Waals surface area contributed by atoms with Crippen molar-refractivity contribution < 1.29 is 19.1 Å². The van der Waals surface area contributed by atoms with E-state index >= 15 is 0 Å². The lowest BCUT2D eigenvalue weighted by molar-refractivity contribution is -0.182. The normalized spacial score (nSPS) is 10.3. The Kier molecular flexibility index (Phi) is 7.62. The molecule has 0 saturated carbocycles. The van der Waals surface area contributed by atoms with Gasteiger partial charge in [-0.05, 0) is 19.9 Å². The van der Waals surface area contributed by atoms with Gasteiger partial charge in [-0.25, -0.2) is 9.59 Å². The molecular weight excluding hydrogens is 272 g/mol. The third-order valence-corrected chi connectivity index (χ3v) is 3.44. The minimum Gasteiger partial charge on any atom is -0.422 e. The third-order valence-electron chi connectivity index (χ3n) is 1.90. The first-order valence-electron chi connectivity index (χ1n) is 5.45. The van der Waals surface area contributed by atoms with E-state index in [1.165, 1.54) is 13.8 Å². The Labute approximate surface area is 114 Å². The van der Waals surface area contributed by atoms with E-state index in [0.29, 0.717) is 12.5 Å². The molecule has 4 nitrogen and oxygen atoms in total. The van der Waals surface area contributed by atoms with Crippen LogP contribution in [0.4, 0.5) is 0 Å². The van der Waals surface area contributed by atoms with E-state index in [4.69, 9.17) is 20.6 Å². The number of ether oxygens (including phenoxy) is 2. The SMILES string of the molecule is C=C(C)C(=O)OC(CC[Si](C)Cl)OC(=O)C(=C)C. The summed E-state index contributed by atoms with van der Waals surface area (Å²) >= 11 is 5.91. The van der Waals surface area contributed by atoms with Crippen LogP contribution in [0.1, 0.15) is 20.3 Å². The molecule has 0 spiro atoms. The zero-order valence-electron chi connectivity index (χ0n) is 10.9. The fourth-order valence-corrected chi connectivity index (χ4v) is 1.86. The summed E-state index contributed by atoms with van der Waals surface area (Å²) < 4.78 is 10.0. The smallest absolute Gasteiger partial charge is 0.336 e. The average Bonchev–Trinajstić information content (AvgIpc) is 2.25. The highest BCUT2D eigenvalue weighted by Crippen LogP contribution is 2.13. The fourth-order valence-electron chi connectivity index (χ4n) is 0.899. The molecule has 0 aromatic heterocycles. The number of hydrogen-bond donors (Lipinski definition) is 0. The van der Waals surface area contributed by atoms with Gasteiger partial charge in [0.15, 0.2) is 8.11 Å². The monoisotopic (exact) mass is 289 g/mol. The van der Waals surface area contributed by atoms with Crippen molar-refractivity contribution in [3.05, 3.63) is 24.3 Å². The number of hydrogen-bond acceptors (Lipinski definition) is 4. The van der Waals surface area contributed by atoms with Crippen LogP contribution in [0.25, 0.3) is 0 Å². The summed E-state index contributed by atoms with van der Waals surface area (Å²) in [5.41, 5.74) is 0.499. The minimum atomic E-state index is -0.995. The van der Waals surface area contributed by atoms with Crippen molar-refractivity contribution in [2.24, 2.45) is 0 Å². The molecule has 0 atom stereocenters. The van der Waals surface area contributed by atoms with Gasteiger partial charge in [0.1, 0.15) is 0 Å². The lowest BCUT2D eigenvalue weighted by Crippen LogP contribution is -2.26. The molecular formula is C12H18ClO4Si. The Balaban J connectivity index is 4.51. The van der Waals surface area contributed by atoms with Gasteiger partial charge in [-0.2, -0.15) is 11.1 Å². The second-order valence-corrected chi connectivity index (χ2v) is 7.80. The second-order valence-electron chi connectivity index (χ2n) is 4.02. The predicted octanol–water partition coefficient (Wildman–Crippen LogP) is 2.80. The first-order valence-corrected chi connectivity index (χ1v) is 8.66. The minimum absolute atomic E-state index is 0.249. The van der Waals surface area contributed by atoms with Crippen LogP contribution in [0, 0.1) is 0 Å². The van der Waals surface area contributed by atoms with Crippen LogP contribution in [0.5, 0.6) is 0 Å². The van der Waals surface area contributed by atoms with Crippen LogP contribution in [-0.4, -0.2) is 26.3 Å². The molecule has 0 bridgehead atoms. The molecule has 0 aromatic carbocycles. The van der Waals surface area contributed by atoms with E-state index in [-0.39, 0.29) is 11.1 Å². The van der Waals surface area contributed by atoms with Gasteiger partial charge in [0.25, 0.3) is 0 Å². The zero-order valence-corrected chi connectivity index (χ0v) is 12.7. The second kappa shape index (κ2) is 8.10. The van der Waals surface area contributed by atoms with Crippen LogP contribution < -0.4 is 0 Å². The highest BCUT2D eigenvalue weighted by Gasteiger charge is 2.20. The molecule has 0 N–H and O–H groups in total. The Bertz CT molecular complexity index is 324. The van der Waals surface area contributed by atoms with Crippen LogP contribution in [-0.2, 0) is 19.1 Å². The van der Waals surface area contributed by atoms with E-state index < -0.39 is 26.3 Å². The number of carbonyl (C=O) groups excluding carboxylic acids is 2. The van der Waals surface area contributed by atoms with Gasteiger partial charge in [0, 0.05) is 17.6 Å². The summed E-state index contributed by atoms with van der Waals surface area (Å²) in [6, 6.07) is 0.657. The van der Waals surface area contributed by atoms with Crippen molar-refractivity contribution in [2.75, 3.05) is 0 Å². The molecule has 0 rings (SSSR count). The first kappa shape index (κ1) is 16.9. The van der Waals surface area contributed by atoms with E-state index in [1.54, 1.807) is 0 Å². The quantitative estimate of drug-likeness (QED) is 0.238. The fraction of sp³-hybridized carbons (Fsp3) is 0.500. The van der Waals surface area contributed by atoms with Gasteiger partial charge in [-0.15, -0.1) is 0 Å². The Morgan fingerprint density at radius 2 is 1.56 bits per heavy atom. The van der Waals surface area contributed by atoms with Gasteiger partial charge >= 0.3 is 11.9 Å². The molecule has 0 aliphatic heterocycles. The first-order chi connectivity index (χ1) is 8.23. The van der Waals surface area contributed by atoms with Crippen molar-refractivity contribution in [3.8, 4) is 0 Å². The molecule has 0 amide bonds. The summed E-state index contributed by atoms with van der Waals surface area (Å²) in [4.78, 5) is 22.8. The largest absolute Gasteiger partial charge is 0.422 e. The standard InChI is InChI=1S/C12H18ClO4Si/c1-8(2)11(14)16-10(6-7-18(5)13)17-12(15)9(3)4/h10H,1,3,6-7H2,2,4-5H3. The summed E-state index contributed by atoms with van der Waals surface area (Å²) in [5.74, 6) is -1.18. The van der Waals surface area contributed by atoms with E-state index in [2.05, 4.69) is 13.2 Å². The summed E-state index contributed by atoms with van der Waals surface area (Å²) in [7, 11) is -0.995. The van der Waals surface area contributed by atoms with E-state index in [9.17, 15) is 9.59 Å². The van der Waals surface area contributed by atoms with Crippen molar-refractivity contribution in [1.29, 1.82) is 0 Å². The molecule has 0 heterocycles.